The number of nitrogens with one attached hydrogen (secondary N) is 1. The minimum Gasteiger partial charge on any atom is -0.384 e. The van der Waals surface area contributed by atoms with Gasteiger partial charge in [-0.3, -0.25) is 4.21 Å². The molecule has 0 bridgehead atoms. The molecule has 0 aliphatic carbocycles. The lowest BCUT2D eigenvalue weighted by Gasteiger charge is -1.99. The molecule has 6 heteroatoms. The fourth-order valence-electron chi connectivity index (χ4n) is 1.78. The van der Waals surface area contributed by atoms with E-state index in [0.717, 1.165) is 16.6 Å². The van der Waals surface area contributed by atoms with Crippen LogP contribution in [-0.2, 0) is 16.6 Å². The first-order valence-corrected chi connectivity index (χ1v) is 7.08. The molecule has 3 rings (SSSR count). The van der Waals surface area contributed by atoms with Gasteiger partial charge in [-0.15, -0.1) is 0 Å². The van der Waals surface area contributed by atoms with Gasteiger partial charge in [0.2, 0.25) is 0 Å². The molecule has 3 N–H and O–H groups in total. The van der Waals surface area contributed by atoms with Gasteiger partial charge in [-0.2, -0.15) is 0 Å². The van der Waals surface area contributed by atoms with Crippen LogP contribution >= 0.6 is 0 Å². The molecular weight excluding hydrogens is 260 g/mol. The van der Waals surface area contributed by atoms with Gasteiger partial charge in [-0.1, -0.05) is 18.2 Å². The number of imidazole rings is 1. The molecule has 0 aliphatic rings. The first-order valence-electron chi connectivity index (χ1n) is 5.76. The average Bonchev–Trinajstić information content (AvgIpc) is 2.85. The van der Waals surface area contributed by atoms with Gasteiger partial charge < -0.3 is 10.7 Å². The Balaban J connectivity index is 1.85. The lowest BCUT2D eigenvalue weighted by Crippen LogP contribution is -1.99. The van der Waals surface area contributed by atoms with E-state index >= 15 is 0 Å². The van der Waals surface area contributed by atoms with Crippen LogP contribution in [0.5, 0.6) is 0 Å². The first kappa shape index (κ1) is 11.9. The Kier molecular flexibility index (Phi) is 3.00. The molecule has 0 aliphatic heterocycles. The third kappa shape index (κ3) is 2.48. The molecule has 2 aromatic heterocycles. The molecule has 1 unspecified atom stereocenters. The highest BCUT2D eigenvalue weighted by atomic mass is 32.2. The van der Waals surface area contributed by atoms with Crippen molar-refractivity contribution >= 4 is 27.7 Å². The van der Waals surface area contributed by atoms with Crippen molar-refractivity contribution in [3.8, 4) is 0 Å². The van der Waals surface area contributed by atoms with E-state index in [4.69, 9.17) is 5.73 Å². The number of hydrogen-bond acceptors (Lipinski definition) is 4. The molecular formula is C13H12N4OS. The zero-order valence-electron chi connectivity index (χ0n) is 10.0. The molecule has 0 saturated carbocycles. The lowest BCUT2D eigenvalue weighted by atomic mass is 10.3. The van der Waals surface area contributed by atoms with Crippen molar-refractivity contribution in [3.63, 3.8) is 0 Å². The summed E-state index contributed by atoms with van der Waals surface area (Å²) in [6, 6.07) is 11.1. The third-order valence-electron chi connectivity index (χ3n) is 2.73. The maximum atomic E-state index is 12.2. The SMILES string of the molecule is Nc1ccc(CS(=O)c2nc3ccccc3[nH]2)cn1. The Labute approximate surface area is 112 Å². The van der Waals surface area contributed by atoms with Crippen molar-refractivity contribution in [1.29, 1.82) is 0 Å². The zero-order valence-corrected chi connectivity index (χ0v) is 10.9. The quantitative estimate of drug-likeness (QED) is 0.762. The minimum atomic E-state index is -1.22. The van der Waals surface area contributed by atoms with Crippen LogP contribution in [0.15, 0.2) is 47.8 Å². The number of pyridine rings is 1. The number of aromatic amines is 1. The summed E-state index contributed by atoms with van der Waals surface area (Å²) in [5, 5.41) is 0.484. The van der Waals surface area contributed by atoms with Crippen molar-refractivity contribution in [2.24, 2.45) is 0 Å². The monoisotopic (exact) mass is 272 g/mol. The summed E-state index contributed by atoms with van der Waals surface area (Å²) < 4.78 is 12.2. The molecule has 0 saturated heterocycles. The topological polar surface area (TPSA) is 84.7 Å². The van der Waals surface area contributed by atoms with Crippen molar-refractivity contribution in [1.82, 2.24) is 15.0 Å². The van der Waals surface area contributed by atoms with E-state index in [2.05, 4.69) is 15.0 Å². The average molecular weight is 272 g/mol. The molecule has 5 nitrogen and oxygen atoms in total. The van der Waals surface area contributed by atoms with Crippen LogP contribution in [0, 0.1) is 0 Å². The Morgan fingerprint density at radius 3 is 2.79 bits per heavy atom. The highest BCUT2D eigenvalue weighted by molar-refractivity contribution is 7.84. The van der Waals surface area contributed by atoms with Crippen molar-refractivity contribution in [2.45, 2.75) is 10.9 Å². The van der Waals surface area contributed by atoms with Crippen LogP contribution in [0.1, 0.15) is 5.56 Å². The van der Waals surface area contributed by atoms with Gasteiger partial charge in [0.15, 0.2) is 5.16 Å². The summed E-state index contributed by atoms with van der Waals surface area (Å²) in [7, 11) is -1.22. The van der Waals surface area contributed by atoms with Crippen LogP contribution in [-0.4, -0.2) is 19.2 Å². The summed E-state index contributed by atoms with van der Waals surface area (Å²) in [6.07, 6.45) is 1.63. The predicted octanol–water partition coefficient (Wildman–Crippen LogP) is 1.85. The second-order valence-electron chi connectivity index (χ2n) is 4.14. The summed E-state index contributed by atoms with van der Waals surface area (Å²) in [4.78, 5) is 11.4. The number of nitrogen functional groups attached to an aromatic ring is 1. The first-order chi connectivity index (χ1) is 9.22. The number of hydrogen-bond donors (Lipinski definition) is 2. The summed E-state index contributed by atoms with van der Waals surface area (Å²) >= 11 is 0. The number of aromatic nitrogens is 3. The summed E-state index contributed by atoms with van der Waals surface area (Å²) in [5.41, 5.74) is 8.09. The van der Waals surface area contributed by atoms with E-state index in [9.17, 15) is 4.21 Å². The Bertz CT molecular complexity index is 703. The number of H-pyrrole nitrogens is 1. The number of benzene rings is 1. The van der Waals surface area contributed by atoms with Gasteiger partial charge in [0, 0.05) is 6.20 Å². The van der Waals surface area contributed by atoms with Crippen molar-refractivity contribution in [2.75, 3.05) is 5.73 Å². The maximum Gasteiger partial charge on any atom is 0.197 e. The normalized spacial score (nSPS) is 12.6. The second kappa shape index (κ2) is 4.81. The van der Waals surface area contributed by atoms with E-state index in [1.807, 2.05) is 30.3 Å². The van der Waals surface area contributed by atoms with Gasteiger partial charge in [0.25, 0.3) is 0 Å². The Morgan fingerprint density at radius 2 is 2.05 bits per heavy atom. The molecule has 96 valence electrons. The van der Waals surface area contributed by atoms with E-state index in [0.29, 0.717) is 16.7 Å². The van der Waals surface area contributed by atoms with Crippen molar-refractivity contribution < 1.29 is 4.21 Å². The highest BCUT2D eigenvalue weighted by Crippen LogP contribution is 2.15. The van der Waals surface area contributed by atoms with Gasteiger partial charge >= 0.3 is 0 Å². The van der Waals surface area contributed by atoms with E-state index < -0.39 is 10.8 Å². The largest absolute Gasteiger partial charge is 0.384 e. The van der Waals surface area contributed by atoms with E-state index in [-0.39, 0.29) is 0 Å². The number of rotatable bonds is 3. The molecule has 0 fully saturated rings. The highest BCUT2D eigenvalue weighted by Gasteiger charge is 2.10. The fourth-order valence-corrected chi connectivity index (χ4v) is 2.81. The van der Waals surface area contributed by atoms with Crippen LogP contribution in [0.2, 0.25) is 0 Å². The van der Waals surface area contributed by atoms with Crippen LogP contribution in [0.3, 0.4) is 0 Å². The minimum absolute atomic E-state index is 0.368. The molecule has 1 atom stereocenters. The molecule has 19 heavy (non-hydrogen) atoms. The van der Waals surface area contributed by atoms with Gasteiger partial charge in [-0.25, -0.2) is 9.97 Å². The molecule has 0 amide bonds. The number of nitrogens with two attached hydrogens (primary N) is 1. The third-order valence-corrected chi connectivity index (χ3v) is 3.95. The van der Waals surface area contributed by atoms with E-state index in [1.165, 1.54) is 0 Å². The lowest BCUT2D eigenvalue weighted by molar-refractivity contribution is 0.677. The van der Waals surface area contributed by atoms with Crippen LogP contribution in [0.25, 0.3) is 11.0 Å². The van der Waals surface area contributed by atoms with Crippen LogP contribution in [0.4, 0.5) is 5.82 Å². The smallest absolute Gasteiger partial charge is 0.197 e. The fraction of sp³-hybridized carbons (Fsp3) is 0.0769. The summed E-state index contributed by atoms with van der Waals surface area (Å²) in [5.74, 6) is 0.825. The zero-order chi connectivity index (χ0) is 13.2. The molecule has 2 heterocycles. The number of fused-ring (bicyclic) bond motifs is 1. The molecule has 0 spiro atoms. The second-order valence-corrected chi connectivity index (χ2v) is 5.51. The number of anilines is 1. The van der Waals surface area contributed by atoms with Crippen LogP contribution < -0.4 is 5.73 Å². The number of para-hydroxylation sites is 2. The standard InChI is InChI=1S/C13H12N4OS/c14-12-6-5-9(7-15-12)8-19(18)13-16-10-3-1-2-4-11(10)17-13/h1-7H,8H2,(H2,14,15)(H,16,17). The maximum absolute atomic E-state index is 12.2. The van der Waals surface area contributed by atoms with Gasteiger partial charge in [0.1, 0.15) is 5.82 Å². The van der Waals surface area contributed by atoms with Crippen molar-refractivity contribution in [3.05, 3.63) is 48.2 Å². The molecule has 3 aromatic rings. The van der Waals surface area contributed by atoms with Gasteiger partial charge in [-0.05, 0) is 23.8 Å². The Hall–Kier alpha value is -2.21. The van der Waals surface area contributed by atoms with E-state index in [1.54, 1.807) is 12.3 Å². The molecule has 0 radical (unpaired) electrons. The predicted molar refractivity (Wildman–Crippen MR) is 74.9 cm³/mol. The number of nitrogens with zero attached hydrogens (tertiary/aromatic N) is 2. The molecule has 1 aromatic carbocycles. The summed E-state index contributed by atoms with van der Waals surface area (Å²) in [6.45, 7) is 0. The Morgan fingerprint density at radius 1 is 1.21 bits per heavy atom. The van der Waals surface area contributed by atoms with Gasteiger partial charge in [0.05, 0.1) is 27.6 Å².